The lowest BCUT2D eigenvalue weighted by atomic mass is 10.2. The van der Waals surface area contributed by atoms with E-state index in [2.05, 4.69) is 20.8 Å². The number of hydrogen-bond donors (Lipinski definition) is 2. The number of benzene rings is 1. The summed E-state index contributed by atoms with van der Waals surface area (Å²) < 4.78 is 1.16. The summed E-state index contributed by atoms with van der Waals surface area (Å²) in [7, 11) is 0. The molecule has 0 aliphatic heterocycles. The average Bonchev–Trinajstić information content (AvgIpc) is 3.03. The Balaban J connectivity index is 1.53. The molecule has 0 atom stereocenters. The Kier molecular flexibility index (Phi) is 5.15. The summed E-state index contributed by atoms with van der Waals surface area (Å²) in [5.41, 5.74) is 4.41. The average molecular weight is 352 g/mol. The number of carbonyl (C=O) groups is 2. The highest BCUT2D eigenvalue weighted by atomic mass is 32.1. The summed E-state index contributed by atoms with van der Waals surface area (Å²) in [6.45, 7) is 1.62. The van der Waals surface area contributed by atoms with Crippen molar-refractivity contribution >= 4 is 39.5 Å². The first-order valence-electron chi connectivity index (χ1n) is 7.63. The number of nitrogens with zero attached hydrogens (tertiary/aromatic N) is 2. The van der Waals surface area contributed by atoms with Crippen LogP contribution in [0.1, 0.15) is 21.6 Å². The van der Waals surface area contributed by atoms with Crippen molar-refractivity contribution in [3.05, 3.63) is 64.8 Å². The van der Waals surface area contributed by atoms with Crippen LogP contribution in [0.15, 0.2) is 53.1 Å². The smallest absolute Gasteiger partial charge is 0.270 e. The number of rotatable bonds is 5. The molecule has 0 fully saturated rings. The highest BCUT2D eigenvalue weighted by Gasteiger charge is 2.11. The highest BCUT2D eigenvalue weighted by molar-refractivity contribution is 7.17. The van der Waals surface area contributed by atoms with E-state index in [0.29, 0.717) is 5.69 Å². The molecule has 2 N–H and O–H groups in total. The largest absolute Gasteiger partial charge is 0.342 e. The lowest BCUT2D eigenvalue weighted by molar-refractivity contribution is -0.120. The molecule has 0 unspecified atom stereocenters. The number of pyridine rings is 1. The molecule has 2 amide bonds. The van der Waals surface area contributed by atoms with Gasteiger partial charge in [0, 0.05) is 27.2 Å². The van der Waals surface area contributed by atoms with Gasteiger partial charge < -0.3 is 5.32 Å². The zero-order chi connectivity index (χ0) is 17.6. The van der Waals surface area contributed by atoms with Crippen molar-refractivity contribution in [2.75, 3.05) is 6.54 Å². The van der Waals surface area contributed by atoms with Crippen molar-refractivity contribution in [1.29, 1.82) is 0 Å². The number of hydrazone groups is 1. The molecule has 0 bridgehead atoms. The van der Waals surface area contributed by atoms with Gasteiger partial charge in [-0.25, -0.2) is 5.43 Å². The SMILES string of the molecule is Cc1cccnc1C(=O)NCC(=O)NN=Cc1csc2ccccc12. The van der Waals surface area contributed by atoms with Crippen LogP contribution >= 0.6 is 11.3 Å². The van der Waals surface area contributed by atoms with Crippen LogP contribution in [0.2, 0.25) is 0 Å². The van der Waals surface area contributed by atoms with E-state index in [-0.39, 0.29) is 12.5 Å². The Labute approximate surface area is 148 Å². The zero-order valence-corrected chi connectivity index (χ0v) is 14.3. The second-order valence-electron chi connectivity index (χ2n) is 5.33. The Hall–Kier alpha value is -3.06. The fraction of sp³-hybridized carbons (Fsp3) is 0.111. The van der Waals surface area contributed by atoms with Gasteiger partial charge in [0.2, 0.25) is 0 Å². The number of aryl methyl sites for hydroxylation is 1. The van der Waals surface area contributed by atoms with Crippen LogP contribution in [0.3, 0.4) is 0 Å². The van der Waals surface area contributed by atoms with Crippen LogP contribution < -0.4 is 10.7 Å². The molecule has 0 aliphatic carbocycles. The van der Waals surface area contributed by atoms with E-state index >= 15 is 0 Å². The maximum atomic E-state index is 12.0. The Bertz CT molecular complexity index is 949. The molecule has 0 saturated carbocycles. The summed E-state index contributed by atoms with van der Waals surface area (Å²) >= 11 is 1.62. The Morgan fingerprint density at radius 3 is 2.92 bits per heavy atom. The maximum absolute atomic E-state index is 12.0. The molecule has 0 radical (unpaired) electrons. The van der Waals surface area contributed by atoms with Crippen LogP contribution in [-0.2, 0) is 4.79 Å². The van der Waals surface area contributed by atoms with E-state index in [1.807, 2.05) is 29.6 Å². The van der Waals surface area contributed by atoms with E-state index in [1.54, 1.807) is 36.6 Å². The minimum atomic E-state index is -0.405. The fourth-order valence-electron chi connectivity index (χ4n) is 2.28. The molecule has 0 spiro atoms. The Morgan fingerprint density at radius 2 is 2.08 bits per heavy atom. The number of nitrogens with one attached hydrogen (secondary N) is 2. The maximum Gasteiger partial charge on any atom is 0.270 e. The van der Waals surface area contributed by atoms with Gasteiger partial charge in [0.15, 0.2) is 0 Å². The molecular weight excluding hydrogens is 336 g/mol. The summed E-state index contributed by atoms with van der Waals surface area (Å²) in [5.74, 6) is -0.793. The lowest BCUT2D eigenvalue weighted by Crippen LogP contribution is -2.35. The molecule has 1 aromatic carbocycles. The molecule has 7 heteroatoms. The minimum Gasteiger partial charge on any atom is -0.342 e. The van der Waals surface area contributed by atoms with Gasteiger partial charge in [-0.2, -0.15) is 5.10 Å². The molecule has 2 heterocycles. The topological polar surface area (TPSA) is 83.5 Å². The number of aromatic nitrogens is 1. The van der Waals surface area contributed by atoms with Crippen molar-refractivity contribution in [2.45, 2.75) is 6.92 Å². The monoisotopic (exact) mass is 352 g/mol. The standard InChI is InChI=1S/C18H16N4O2S/c1-12-5-4-8-19-17(12)18(24)20-10-16(23)22-21-9-13-11-25-15-7-3-2-6-14(13)15/h2-9,11H,10H2,1H3,(H,20,24)(H,22,23). The summed E-state index contributed by atoms with van der Waals surface area (Å²) in [5, 5.41) is 9.54. The molecule has 0 aliphatic rings. The molecule has 0 saturated heterocycles. The third-order valence-corrected chi connectivity index (χ3v) is 4.52. The zero-order valence-electron chi connectivity index (χ0n) is 13.5. The van der Waals surface area contributed by atoms with E-state index < -0.39 is 5.91 Å². The van der Waals surface area contributed by atoms with E-state index in [9.17, 15) is 9.59 Å². The van der Waals surface area contributed by atoms with Crippen LogP contribution in [-0.4, -0.2) is 29.6 Å². The number of hydrogen-bond acceptors (Lipinski definition) is 5. The normalized spacial score (nSPS) is 10.9. The summed E-state index contributed by atoms with van der Waals surface area (Å²) in [6.07, 6.45) is 3.14. The van der Waals surface area contributed by atoms with Crippen LogP contribution in [0.4, 0.5) is 0 Å². The van der Waals surface area contributed by atoms with Gasteiger partial charge in [0.1, 0.15) is 5.69 Å². The minimum absolute atomic E-state index is 0.170. The van der Waals surface area contributed by atoms with Gasteiger partial charge in [-0.1, -0.05) is 24.3 Å². The van der Waals surface area contributed by atoms with Crippen molar-refractivity contribution < 1.29 is 9.59 Å². The molecular formula is C18H16N4O2S. The van der Waals surface area contributed by atoms with Crippen LogP contribution in [0.5, 0.6) is 0 Å². The fourth-order valence-corrected chi connectivity index (χ4v) is 3.19. The van der Waals surface area contributed by atoms with Gasteiger partial charge in [0.25, 0.3) is 11.8 Å². The first kappa shape index (κ1) is 16.8. The van der Waals surface area contributed by atoms with Crippen LogP contribution in [0, 0.1) is 6.92 Å². The van der Waals surface area contributed by atoms with Gasteiger partial charge in [-0.05, 0) is 24.6 Å². The number of carbonyl (C=O) groups excluding carboxylic acids is 2. The third-order valence-electron chi connectivity index (χ3n) is 3.54. The number of thiophene rings is 1. The summed E-state index contributed by atoms with van der Waals surface area (Å²) in [4.78, 5) is 27.8. The number of amides is 2. The molecule has 3 aromatic rings. The molecule has 6 nitrogen and oxygen atoms in total. The summed E-state index contributed by atoms with van der Waals surface area (Å²) in [6, 6.07) is 11.5. The first-order valence-corrected chi connectivity index (χ1v) is 8.51. The second kappa shape index (κ2) is 7.67. The predicted molar refractivity (Wildman–Crippen MR) is 98.9 cm³/mol. The highest BCUT2D eigenvalue weighted by Crippen LogP contribution is 2.23. The van der Waals surface area contributed by atoms with Gasteiger partial charge in [-0.3, -0.25) is 14.6 Å². The van der Waals surface area contributed by atoms with Gasteiger partial charge in [-0.15, -0.1) is 11.3 Å². The Morgan fingerprint density at radius 1 is 1.24 bits per heavy atom. The third kappa shape index (κ3) is 4.07. The van der Waals surface area contributed by atoms with Crippen LogP contribution in [0.25, 0.3) is 10.1 Å². The molecule has 126 valence electrons. The molecule has 25 heavy (non-hydrogen) atoms. The van der Waals surface area contributed by atoms with E-state index in [4.69, 9.17) is 0 Å². The van der Waals surface area contributed by atoms with Crippen molar-refractivity contribution in [3.8, 4) is 0 Å². The first-order chi connectivity index (χ1) is 12.1. The predicted octanol–water partition coefficient (Wildman–Crippen LogP) is 2.48. The van der Waals surface area contributed by atoms with Crippen molar-refractivity contribution in [1.82, 2.24) is 15.7 Å². The van der Waals surface area contributed by atoms with Crippen molar-refractivity contribution in [3.63, 3.8) is 0 Å². The second-order valence-corrected chi connectivity index (χ2v) is 6.24. The van der Waals surface area contributed by atoms with E-state index in [0.717, 1.165) is 21.2 Å². The molecule has 3 rings (SSSR count). The lowest BCUT2D eigenvalue weighted by Gasteiger charge is -2.05. The van der Waals surface area contributed by atoms with E-state index in [1.165, 1.54) is 6.20 Å². The number of fused-ring (bicyclic) bond motifs is 1. The molecule has 2 aromatic heterocycles. The van der Waals surface area contributed by atoms with Gasteiger partial charge in [0.05, 0.1) is 12.8 Å². The quantitative estimate of drug-likeness (QED) is 0.547. The van der Waals surface area contributed by atoms with Crippen molar-refractivity contribution in [2.24, 2.45) is 5.10 Å². The van der Waals surface area contributed by atoms with Gasteiger partial charge >= 0.3 is 0 Å².